The lowest BCUT2D eigenvalue weighted by molar-refractivity contribution is -0.137. The van der Waals surface area contributed by atoms with Crippen molar-refractivity contribution in [2.75, 3.05) is 0 Å². The van der Waals surface area contributed by atoms with E-state index in [0.29, 0.717) is 18.6 Å². The van der Waals surface area contributed by atoms with Crippen LogP contribution in [0.1, 0.15) is 90.4 Å². The molecule has 1 N–H and O–H groups in total. The van der Waals surface area contributed by atoms with Gasteiger partial charge in [0.15, 0.2) is 0 Å². The van der Waals surface area contributed by atoms with Gasteiger partial charge in [0.25, 0.3) is 0 Å². The smallest absolute Gasteiger partial charge is 0.303 e. The molecule has 2 fully saturated rings. The number of rotatable bonds is 14. The number of aliphatic carboxylic acids is 1. The minimum Gasteiger partial charge on any atom is -0.481 e. The van der Waals surface area contributed by atoms with Crippen LogP contribution in [-0.4, -0.2) is 23.3 Å². The van der Waals surface area contributed by atoms with Crippen LogP contribution < -0.4 is 0 Å². The van der Waals surface area contributed by atoms with Crippen molar-refractivity contribution in [3.63, 3.8) is 0 Å². The van der Waals surface area contributed by atoms with Gasteiger partial charge in [-0.25, -0.2) is 0 Å². The third kappa shape index (κ3) is 7.13. The van der Waals surface area contributed by atoms with Gasteiger partial charge in [-0.3, -0.25) is 4.79 Å². The second-order valence-corrected chi connectivity index (χ2v) is 7.40. The fourth-order valence-electron chi connectivity index (χ4n) is 3.70. The summed E-state index contributed by atoms with van der Waals surface area (Å²) in [6.07, 6.45) is 16.7. The van der Waals surface area contributed by atoms with Crippen molar-refractivity contribution < 1.29 is 14.6 Å². The van der Waals surface area contributed by atoms with Gasteiger partial charge in [-0.05, 0) is 37.5 Å². The van der Waals surface area contributed by atoms with Crippen molar-refractivity contribution >= 4 is 5.97 Å². The van der Waals surface area contributed by atoms with E-state index in [4.69, 9.17) is 9.84 Å². The summed E-state index contributed by atoms with van der Waals surface area (Å²) >= 11 is 0. The highest BCUT2D eigenvalue weighted by Crippen LogP contribution is 2.49. The third-order valence-corrected chi connectivity index (χ3v) is 5.35. The van der Waals surface area contributed by atoms with Crippen LogP contribution >= 0.6 is 0 Å². The van der Waals surface area contributed by atoms with E-state index < -0.39 is 5.97 Å². The molecule has 0 aromatic carbocycles. The highest BCUT2D eigenvalue weighted by atomic mass is 16.6. The van der Waals surface area contributed by atoms with Gasteiger partial charge in [-0.2, -0.15) is 0 Å². The van der Waals surface area contributed by atoms with Crippen LogP contribution in [0.25, 0.3) is 0 Å². The number of ether oxygens (including phenoxy) is 1. The molecule has 3 nitrogen and oxygen atoms in total. The Morgan fingerprint density at radius 3 is 2.45 bits per heavy atom. The molecule has 128 valence electrons. The Bertz CT molecular complexity index is 329. The van der Waals surface area contributed by atoms with E-state index in [9.17, 15) is 4.79 Å². The standard InChI is InChI=1S/C19H34O3/c1-2-3-7-11-17-18(22-17)14-16-13-15(16)10-8-5-4-6-9-12-19(20)21/h15-18H,2-14H2,1H3,(H,20,21). The molecule has 0 spiro atoms. The molecule has 1 saturated carbocycles. The largest absolute Gasteiger partial charge is 0.481 e. The molecular formula is C19H34O3. The summed E-state index contributed by atoms with van der Waals surface area (Å²) in [5.41, 5.74) is 0. The molecule has 22 heavy (non-hydrogen) atoms. The maximum atomic E-state index is 10.4. The lowest BCUT2D eigenvalue weighted by Gasteiger charge is -2.01. The van der Waals surface area contributed by atoms with E-state index >= 15 is 0 Å². The minimum absolute atomic E-state index is 0.339. The molecule has 4 atom stereocenters. The first-order valence-corrected chi connectivity index (χ1v) is 9.58. The maximum absolute atomic E-state index is 10.4. The molecule has 0 aromatic rings. The molecule has 0 aromatic heterocycles. The summed E-state index contributed by atoms with van der Waals surface area (Å²) in [4.78, 5) is 10.4. The van der Waals surface area contributed by atoms with Gasteiger partial charge >= 0.3 is 5.97 Å². The van der Waals surface area contributed by atoms with Crippen LogP contribution in [0.5, 0.6) is 0 Å². The number of hydrogen-bond acceptors (Lipinski definition) is 2. The second-order valence-electron chi connectivity index (χ2n) is 7.40. The summed E-state index contributed by atoms with van der Waals surface area (Å²) in [6, 6.07) is 0. The van der Waals surface area contributed by atoms with Crippen LogP contribution in [0.4, 0.5) is 0 Å². The van der Waals surface area contributed by atoms with Crippen LogP contribution in [0.2, 0.25) is 0 Å². The molecular weight excluding hydrogens is 276 g/mol. The Hall–Kier alpha value is -0.570. The van der Waals surface area contributed by atoms with Crippen LogP contribution in [-0.2, 0) is 9.53 Å². The summed E-state index contributed by atoms with van der Waals surface area (Å²) in [5.74, 6) is 1.27. The first-order valence-electron chi connectivity index (χ1n) is 9.58. The van der Waals surface area contributed by atoms with Crippen molar-refractivity contribution in [3.8, 4) is 0 Å². The number of carboxylic acids is 1. The number of carbonyl (C=O) groups is 1. The maximum Gasteiger partial charge on any atom is 0.303 e. The molecule has 1 saturated heterocycles. The van der Waals surface area contributed by atoms with E-state index in [1.807, 2.05) is 0 Å². The van der Waals surface area contributed by atoms with Crippen molar-refractivity contribution in [2.24, 2.45) is 11.8 Å². The fraction of sp³-hybridized carbons (Fsp3) is 0.947. The first-order chi connectivity index (χ1) is 10.7. The van der Waals surface area contributed by atoms with E-state index in [2.05, 4.69) is 6.92 Å². The molecule has 0 bridgehead atoms. The zero-order chi connectivity index (χ0) is 15.8. The highest BCUT2D eigenvalue weighted by molar-refractivity contribution is 5.66. The van der Waals surface area contributed by atoms with Crippen LogP contribution in [0, 0.1) is 11.8 Å². The van der Waals surface area contributed by atoms with Crippen molar-refractivity contribution in [3.05, 3.63) is 0 Å². The fourth-order valence-corrected chi connectivity index (χ4v) is 3.70. The Balaban J connectivity index is 1.36. The zero-order valence-electron chi connectivity index (χ0n) is 14.3. The van der Waals surface area contributed by atoms with Crippen LogP contribution in [0.15, 0.2) is 0 Å². The van der Waals surface area contributed by atoms with E-state index in [1.165, 1.54) is 64.2 Å². The van der Waals surface area contributed by atoms with Crippen molar-refractivity contribution in [1.29, 1.82) is 0 Å². The van der Waals surface area contributed by atoms with Gasteiger partial charge in [0, 0.05) is 6.42 Å². The van der Waals surface area contributed by atoms with Gasteiger partial charge in [0.1, 0.15) is 0 Å². The highest BCUT2D eigenvalue weighted by Gasteiger charge is 2.45. The summed E-state index contributed by atoms with van der Waals surface area (Å²) in [7, 11) is 0. The predicted octanol–water partition coefficient (Wildman–Crippen LogP) is 5.18. The average molecular weight is 310 g/mol. The van der Waals surface area contributed by atoms with Crippen LogP contribution in [0.3, 0.4) is 0 Å². The normalized spacial score (nSPS) is 29.5. The quantitative estimate of drug-likeness (QED) is 0.355. The van der Waals surface area contributed by atoms with E-state index in [1.54, 1.807) is 0 Å². The summed E-state index contributed by atoms with van der Waals surface area (Å²) in [5, 5.41) is 8.57. The molecule has 1 heterocycles. The third-order valence-electron chi connectivity index (χ3n) is 5.35. The van der Waals surface area contributed by atoms with E-state index in [-0.39, 0.29) is 0 Å². The van der Waals surface area contributed by atoms with E-state index in [0.717, 1.165) is 24.7 Å². The van der Waals surface area contributed by atoms with Crippen molar-refractivity contribution in [1.82, 2.24) is 0 Å². The molecule has 0 radical (unpaired) electrons. The molecule has 1 aliphatic heterocycles. The van der Waals surface area contributed by atoms with Gasteiger partial charge in [0.2, 0.25) is 0 Å². The monoisotopic (exact) mass is 310 g/mol. The number of unbranched alkanes of at least 4 members (excludes halogenated alkanes) is 6. The second kappa shape index (κ2) is 9.54. The predicted molar refractivity (Wildman–Crippen MR) is 89.0 cm³/mol. The Morgan fingerprint density at radius 2 is 1.68 bits per heavy atom. The molecule has 2 aliphatic rings. The minimum atomic E-state index is -0.656. The van der Waals surface area contributed by atoms with Gasteiger partial charge < -0.3 is 9.84 Å². The summed E-state index contributed by atoms with van der Waals surface area (Å²) in [6.45, 7) is 2.26. The number of carboxylic acid groups (broad SMARTS) is 1. The lowest BCUT2D eigenvalue weighted by Crippen LogP contribution is -1.97. The summed E-state index contributed by atoms with van der Waals surface area (Å²) < 4.78 is 5.80. The average Bonchev–Trinajstić information content (AvgIpc) is 3.38. The Kier molecular flexibility index (Phi) is 7.71. The van der Waals surface area contributed by atoms with Gasteiger partial charge in [-0.15, -0.1) is 0 Å². The molecule has 1 aliphatic carbocycles. The lowest BCUT2D eigenvalue weighted by atomic mass is 10.0. The molecule has 0 amide bonds. The SMILES string of the molecule is CCCCCC1OC1CC1CC1CCCCCCCC(=O)O. The molecule has 2 rings (SSSR count). The van der Waals surface area contributed by atoms with Gasteiger partial charge in [0.05, 0.1) is 12.2 Å². The molecule has 4 unspecified atom stereocenters. The topological polar surface area (TPSA) is 49.8 Å². The number of hydrogen-bond donors (Lipinski definition) is 1. The Morgan fingerprint density at radius 1 is 0.955 bits per heavy atom. The molecule has 3 heteroatoms. The number of epoxide rings is 1. The van der Waals surface area contributed by atoms with Gasteiger partial charge in [-0.1, -0.05) is 58.3 Å². The zero-order valence-corrected chi connectivity index (χ0v) is 14.3. The first kappa shape index (κ1) is 17.8. The van der Waals surface area contributed by atoms with Crippen molar-refractivity contribution in [2.45, 2.75) is 103 Å². The Labute approximate surface area is 135 Å².